The molecule has 5 heteroatoms. The summed E-state index contributed by atoms with van der Waals surface area (Å²) in [4.78, 5) is 12.1. The van der Waals surface area contributed by atoms with Crippen LogP contribution in [0.5, 0.6) is 5.75 Å². The number of carbonyl (C=O) groups is 1. The Balaban J connectivity index is 1.72. The number of aromatic nitrogens is 1. The topological polar surface area (TPSA) is 64.4 Å². The smallest absolute Gasteiger partial charge is 0.258 e. The summed E-state index contributed by atoms with van der Waals surface area (Å²) in [6.07, 6.45) is 2.91. The van der Waals surface area contributed by atoms with Gasteiger partial charge in [-0.1, -0.05) is 5.16 Å². The molecule has 1 amide bonds. The lowest BCUT2D eigenvalue weighted by molar-refractivity contribution is 0.102. The first-order valence-electron chi connectivity index (χ1n) is 6.79. The number of benzene rings is 1. The third kappa shape index (κ3) is 2.39. The van der Waals surface area contributed by atoms with Crippen LogP contribution >= 0.6 is 0 Å². The molecular formula is C15H16N2O3. The van der Waals surface area contributed by atoms with Gasteiger partial charge in [0.1, 0.15) is 5.75 Å². The zero-order valence-electron chi connectivity index (χ0n) is 11.3. The molecule has 0 unspecified atom stereocenters. The Hall–Kier alpha value is -2.30. The Bertz CT molecular complexity index is 617. The Labute approximate surface area is 116 Å². The zero-order valence-corrected chi connectivity index (χ0v) is 11.3. The summed E-state index contributed by atoms with van der Waals surface area (Å²) in [6, 6.07) is 7.03. The van der Waals surface area contributed by atoms with Crippen LogP contribution < -0.4 is 10.1 Å². The molecule has 5 nitrogen and oxygen atoms in total. The molecule has 0 spiro atoms. The average molecular weight is 272 g/mol. The molecular weight excluding hydrogens is 256 g/mol. The highest BCUT2D eigenvalue weighted by molar-refractivity contribution is 6.04. The maximum absolute atomic E-state index is 12.1. The van der Waals surface area contributed by atoms with Crippen LogP contribution in [0.1, 0.15) is 35.0 Å². The predicted molar refractivity (Wildman–Crippen MR) is 74.1 cm³/mol. The first kappa shape index (κ1) is 12.7. The van der Waals surface area contributed by atoms with Crippen molar-refractivity contribution >= 4 is 11.8 Å². The minimum atomic E-state index is -0.195. The maximum atomic E-state index is 12.1. The maximum Gasteiger partial charge on any atom is 0.258 e. The van der Waals surface area contributed by atoms with Crippen LogP contribution in [-0.4, -0.2) is 17.7 Å². The van der Waals surface area contributed by atoms with Crippen LogP contribution in [0.3, 0.4) is 0 Å². The Morgan fingerprint density at radius 2 is 2.15 bits per heavy atom. The van der Waals surface area contributed by atoms with E-state index in [9.17, 15) is 4.79 Å². The highest BCUT2D eigenvalue weighted by Crippen LogP contribution is 2.28. The van der Waals surface area contributed by atoms with E-state index in [1.54, 1.807) is 24.3 Å². The molecule has 1 aromatic carbocycles. The van der Waals surface area contributed by atoms with Gasteiger partial charge in [0.15, 0.2) is 0 Å². The van der Waals surface area contributed by atoms with Crippen LogP contribution in [0.4, 0.5) is 5.88 Å². The second-order valence-corrected chi connectivity index (χ2v) is 4.70. The monoisotopic (exact) mass is 272 g/mol. The van der Waals surface area contributed by atoms with Gasteiger partial charge >= 0.3 is 0 Å². The molecule has 0 atom stereocenters. The van der Waals surface area contributed by atoms with E-state index >= 15 is 0 Å². The number of carbonyl (C=O) groups excluding carboxylic acids is 1. The molecule has 1 aromatic heterocycles. The first-order chi connectivity index (χ1) is 9.78. The quantitative estimate of drug-likeness (QED) is 0.929. The molecule has 104 valence electrons. The lowest BCUT2D eigenvalue weighted by Crippen LogP contribution is -2.12. The van der Waals surface area contributed by atoms with Crippen molar-refractivity contribution in [2.45, 2.75) is 26.2 Å². The lowest BCUT2D eigenvalue weighted by Gasteiger charge is -2.05. The SMILES string of the molecule is CCOc1ccc(C(=O)Nc2onc3c2CCC3)cc1. The van der Waals surface area contributed by atoms with Gasteiger partial charge in [-0.05, 0) is 50.5 Å². The van der Waals surface area contributed by atoms with E-state index in [0.717, 1.165) is 36.3 Å². The van der Waals surface area contributed by atoms with E-state index in [1.807, 2.05) is 6.92 Å². The van der Waals surface area contributed by atoms with Crippen molar-refractivity contribution in [2.75, 3.05) is 11.9 Å². The van der Waals surface area contributed by atoms with Gasteiger partial charge in [-0.3, -0.25) is 10.1 Å². The highest BCUT2D eigenvalue weighted by atomic mass is 16.5. The number of aryl methyl sites for hydroxylation is 1. The Morgan fingerprint density at radius 1 is 1.35 bits per heavy atom. The molecule has 20 heavy (non-hydrogen) atoms. The van der Waals surface area contributed by atoms with E-state index in [0.29, 0.717) is 18.1 Å². The van der Waals surface area contributed by atoms with E-state index in [4.69, 9.17) is 9.26 Å². The summed E-state index contributed by atoms with van der Waals surface area (Å²) in [6.45, 7) is 2.53. The minimum absolute atomic E-state index is 0.195. The Kier molecular flexibility index (Phi) is 3.41. The van der Waals surface area contributed by atoms with Crippen LogP contribution in [0.25, 0.3) is 0 Å². The van der Waals surface area contributed by atoms with E-state index < -0.39 is 0 Å². The molecule has 3 rings (SSSR count). The fourth-order valence-corrected chi connectivity index (χ4v) is 2.37. The van der Waals surface area contributed by atoms with Crippen LogP contribution in [0, 0.1) is 0 Å². The molecule has 1 heterocycles. The summed E-state index contributed by atoms with van der Waals surface area (Å²) in [5.41, 5.74) is 2.56. The number of rotatable bonds is 4. The number of nitrogens with zero attached hydrogens (tertiary/aromatic N) is 1. The van der Waals surface area contributed by atoms with Gasteiger partial charge in [0.25, 0.3) is 5.91 Å². The van der Waals surface area contributed by atoms with Crippen molar-refractivity contribution in [3.8, 4) is 5.75 Å². The van der Waals surface area contributed by atoms with Crippen molar-refractivity contribution in [1.82, 2.24) is 5.16 Å². The fraction of sp³-hybridized carbons (Fsp3) is 0.333. The predicted octanol–water partition coefficient (Wildman–Crippen LogP) is 2.81. The van der Waals surface area contributed by atoms with Crippen molar-refractivity contribution in [2.24, 2.45) is 0 Å². The van der Waals surface area contributed by atoms with Crippen LogP contribution in [0.2, 0.25) is 0 Å². The number of ether oxygens (including phenoxy) is 1. The van der Waals surface area contributed by atoms with Crippen LogP contribution in [-0.2, 0) is 12.8 Å². The second-order valence-electron chi connectivity index (χ2n) is 4.70. The zero-order chi connectivity index (χ0) is 13.9. The Morgan fingerprint density at radius 3 is 2.90 bits per heavy atom. The summed E-state index contributed by atoms with van der Waals surface area (Å²) < 4.78 is 10.5. The lowest BCUT2D eigenvalue weighted by atomic mass is 10.2. The van der Waals surface area contributed by atoms with Gasteiger partial charge in [-0.2, -0.15) is 0 Å². The number of hydrogen-bond acceptors (Lipinski definition) is 4. The molecule has 1 aliphatic carbocycles. The largest absolute Gasteiger partial charge is 0.494 e. The molecule has 0 radical (unpaired) electrons. The molecule has 2 aromatic rings. The third-order valence-electron chi connectivity index (χ3n) is 3.36. The van der Waals surface area contributed by atoms with Crippen LogP contribution in [0.15, 0.2) is 28.8 Å². The first-order valence-corrected chi connectivity index (χ1v) is 6.79. The fourth-order valence-electron chi connectivity index (χ4n) is 2.37. The number of nitrogens with one attached hydrogen (secondary N) is 1. The van der Waals surface area contributed by atoms with Crippen molar-refractivity contribution in [3.05, 3.63) is 41.1 Å². The van der Waals surface area contributed by atoms with Gasteiger partial charge < -0.3 is 9.26 Å². The summed E-state index contributed by atoms with van der Waals surface area (Å²) in [5.74, 6) is 1.04. The van der Waals surface area contributed by atoms with E-state index in [1.165, 1.54) is 0 Å². The molecule has 0 fully saturated rings. The summed E-state index contributed by atoms with van der Waals surface area (Å²) >= 11 is 0. The molecule has 0 saturated heterocycles. The second kappa shape index (κ2) is 5.36. The van der Waals surface area contributed by atoms with Gasteiger partial charge in [0.2, 0.25) is 5.88 Å². The summed E-state index contributed by atoms with van der Waals surface area (Å²) in [5, 5.41) is 6.75. The third-order valence-corrected chi connectivity index (χ3v) is 3.36. The van der Waals surface area contributed by atoms with Gasteiger partial charge in [-0.15, -0.1) is 0 Å². The average Bonchev–Trinajstić information content (AvgIpc) is 3.05. The van der Waals surface area contributed by atoms with Crippen molar-refractivity contribution in [1.29, 1.82) is 0 Å². The number of hydrogen-bond donors (Lipinski definition) is 1. The normalized spacial score (nSPS) is 13.1. The highest BCUT2D eigenvalue weighted by Gasteiger charge is 2.22. The van der Waals surface area contributed by atoms with Crippen molar-refractivity contribution in [3.63, 3.8) is 0 Å². The van der Waals surface area contributed by atoms with E-state index in [-0.39, 0.29) is 5.91 Å². The number of fused-ring (bicyclic) bond motifs is 1. The number of amides is 1. The molecule has 0 bridgehead atoms. The van der Waals surface area contributed by atoms with Gasteiger partial charge in [0, 0.05) is 11.1 Å². The summed E-state index contributed by atoms with van der Waals surface area (Å²) in [7, 11) is 0. The molecule has 0 aliphatic heterocycles. The van der Waals surface area contributed by atoms with Gasteiger partial charge in [-0.25, -0.2) is 0 Å². The standard InChI is InChI=1S/C15H16N2O3/c1-2-19-11-8-6-10(7-9-11)14(18)16-15-12-4-3-5-13(12)17-20-15/h6-9H,2-5H2,1H3,(H,16,18). The molecule has 1 aliphatic rings. The molecule has 0 saturated carbocycles. The minimum Gasteiger partial charge on any atom is -0.494 e. The van der Waals surface area contributed by atoms with Crippen molar-refractivity contribution < 1.29 is 14.1 Å². The molecule has 1 N–H and O–H groups in total. The number of anilines is 1. The van der Waals surface area contributed by atoms with E-state index in [2.05, 4.69) is 10.5 Å². The van der Waals surface area contributed by atoms with Gasteiger partial charge in [0.05, 0.1) is 12.3 Å².